The lowest BCUT2D eigenvalue weighted by Gasteiger charge is -2.18. The minimum Gasteiger partial charge on any atom is -0.389 e. The van der Waals surface area contributed by atoms with Gasteiger partial charge in [-0.1, -0.05) is 24.3 Å². The molecule has 1 fully saturated rings. The van der Waals surface area contributed by atoms with Gasteiger partial charge in [0.25, 0.3) is 5.56 Å². The third-order valence-corrected chi connectivity index (χ3v) is 5.66. The number of aliphatic hydroxyl groups is 1. The minimum atomic E-state index is -1.10. The number of nitrogens with zero attached hydrogens (tertiary/aromatic N) is 3. The number of β-amino-alcohol motifs (C(OH)–C–C–N with tert-alkyl or cyclic N) is 1. The molecule has 154 valence electrons. The van der Waals surface area contributed by atoms with Crippen molar-refractivity contribution in [3.8, 4) is 0 Å². The van der Waals surface area contributed by atoms with Crippen LogP contribution in [0.1, 0.15) is 30.0 Å². The Kier molecular flexibility index (Phi) is 5.33. The van der Waals surface area contributed by atoms with E-state index >= 15 is 0 Å². The fourth-order valence-electron chi connectivity index (χ4n) is 4.13. The number of benzene rings is 1. The van der Waals surface area contributed by atoms with Gasteiger partial charge in [0.15, 0.2) is 0 Å². The number of aromatic nitrogens is 2. The maximum absolute atomic E-state index is 13.5. The fourth-order valence-corrected chi connectivity index (χ4v) is 4.13. The van der Waals surface area contributed by atoms with E-state index in [9.17, 15) is 23.9 Å². The number of hydrogen-bond acceptors (Lipinski definition) is 5. The first-order chi connectivity index (χ1) is 13.9. The normalized spacial score (nSPS) is 21.5. The van der Waals surface area contributed by atoms with E-state index in [1.54, 1.807) is 0 Å². The first-order valence-corrected chi connectivity index (χ1v) is 9.68. The van der Waals surface area contributed by atoms with Crippen LogP contribution in [0, 0.1) is 5.82 Å². The molecule has 0 bridgehead atoms. The molecule has 3 heterocycles. The Labute approximate surface area is 166 Å². The molecule has 8 nitrogen and oxygen atoms in total. The monoisotopic (exact) mass is 402 g/mol. The Balaban J connectivity index is 1.31. The largest absolute Gasteiger partial charge is 0.389 e. The molecule has 2 aliphatic rings. The van der Waals surface area contributed by atoms with Crippen LogP contribution < -0.4 is 11.2 Å². The molecule has 0 unspecified atom stereocenters. The van der Waals surface area contributed by atoms with E-state index in [0.717, 1.165) is 30.4 Å². The van der Waals surface area contributed by atoms with Crippen LogP contribution >= 0.6 is 0 Å². The van der Waals surface area contributed by atoms with Crippen LogP contribution in [0.3, 0.4) is 0 Å². The molecule has 0 saturated carbocycles. The van der Waals surface area contributed by atoms with Crippen molar-refractivity contribution in [1.82, 2.24) is 19.4 Å². The van der Waals surface area contributed by atoms with Crippen molar-refractivity contribution in [2.24, 2.45) is 0 Å². The third-order valence-electron chi connectivity index (χ3n) is 5.66. The summed E-state index contributed by atoms with van der Waals surface area (Å²) >= 11 is 0. The summed E-state index contributed by atoms with van der Waals surface area (Å²) in [5, 5.41) is 10.3. The van der Waals surface area contributed by atoms with Gasteiger partial charge in [0.05, 0.1) is 18.3 Å². The van der Waals surface area contributed by atoms with Crippen LogP contribution in [-0.4, -0.2) is 56.1 Å². The molecule has 1 aromatic carbocycles. The molecule has 0 radical (unpaired) electrons. The summed E-state index contributed by atoms with van der Waals surface area (Å²) in [6.45, 7) is 2.74. The second-order valence-electron chi connectivity index (χ2n) is 7.66. The molecular weight excluding hydrogens is 379 g/mol. The number of carbonyl (C=O) groups excluding carboxylic acids is 1. The highest BCUT2D eigenvalue weighted by atomic mass is 19.1. The van der Waals surface area contributed by atoms with Crippen molar-refractivity contribution in [3.63, 3.8) is 0 Å². The molecule has 9 heteroatoms. The molecule has 2 N–H and O–H groups in total. The fraction of sp³-hybridized carbons (Fsp3) is 0.450. The van der Waals surface area contributed by atoms with Crippen molar-refractivity contribution in [2.45, 2.75) is 38.1 Å². The zero-order valence-electron chi connectivity index (χ0n) is 15.9. The van der Waals surface area contributed by atoms with Crippen molar-refractivity contribution < 1.29 is 14.3 Å². The zero-order valence-corrected chi connectivity index (χ0v) is 15.9. The van der Waals surface area contributed by atoms with Gasteiger partial charge in [-0.15, -0.1) is 0 Å². The predicted octanol–water partition coefficient (Wildman–Crippen LogP) is 0.216. The lowest BCUT2D eigenvalue weighted by atomic mass is 10.1. The lowest BCUT2D eigenvalue weighted by molar-refractivity contribution is -0.130. The highest BCUT2D eigenvalue weighted by Crippen LogP contribution is 2.24. The lowest BCUT2D eigenvalue weighted by Crippen LogP contribution is -2.37. The number of aromatic amines is 1. The molecule has 1 saturated heterocycles. The highest BCUT2D eigenvalue weighted by molar-refractivity contribution is 5.76. The molecule has 4 rings (SSSR count). The summed E-state index contributed by atoms with van der Waals surface area (Å²) in [4.78, 5) is 41.3. The predicted molar refractivity (Wildman–Crippen MR) is 103 cm³/mol. The van der Waals surface area contributed by atoms with E-state index in [2.05, 4.69) is 17.0 Å². The molecular formula is C20H23FN4O4. The van der Waals surface area contributed by atoms with Gasteiger partial charge in [-0.05, 0) is 24.1 Å². The van der Waals surface area contributed by atoms with Crippen molar-refractivity contribution in [2.75, 3.05) is 19.6 Å². The molecule has 2 aliphatic heterocycles. The van der Waals surface area contributed by atoms with Gasteiger partial charge in [0.2, 0.25) is 11.7 Å². The van der Waals surface area contributed by atoms with Crippen LogP contribution in [0.5, 0.6) is 0 Å². The van der Waals surface area contributed by atoms with E-state index in [4.69, 9.17) is 0 Å². The maximum Gasteiger partial charge on any atom is 0.328 e. The van der Waals surface area contributed by atoms with Gasteiger partial charge in [-0.2, -0.15) is 4.39 Å². The topological polar surface area (TPSA) is 98.6 Å². The Bertz CT molecular complexity index is 1010. The highest BCUT2D eigenvalue weighted by Gasteiger charge is 2.35. The molecule has 29 heavy (non-hydrogen) atoms. The number of H-pyrrole nitrogens is 1. The molecule has 1 amide bonds. The maximum atomic E-state index is 13.5. The van der Waals surface area contributed by atoms with Crippen molar-refractivity contribution in [1.29, 1.82) is 0 Å². The van der Waals surface area contributed by atoms with E-state index in [-0.39, 0.29) is 19.0 Å². The second kappa shape index (κ2) is 7.92. The Morgan fingerprint density at radius 3 is 2.55 bits per heavy atom. The third kappa shape index (κ3) is 4.01. The average Bonchev–Trinajstić information content (AvgIpc) is 3.27. The van der Waals surface area contributed by atoms with Crippen LogP contribution in [0.4, 0.5) is 4.39 Å². The minimum absolute atomic E-state index is 0.0752. The van der Waals surface area contributed by atoms with Gasteiger partial charge >= 0.3 is 5.69 Å². The summed E-state index contributed by atoms with van der Waals surface area (Å²) in [5.41, 5.74) is 0.741. The number of hydrogen-bond donors (Lipinski definition) is 2. The number of nitrogens with one attached hydrogen (secondary N) is 1. The van der Waals surface area contributed by atoms with Crippen molar-refractivity contribution >= 4 is 5.91 Å². The van der Waals surface area contributed by atoms with Gasteiger partial charge in [-0.25, -0.2) is 4.79 Å². The SMILES string of the molecule is O=C(CCCN1Cc2ccccc2C1)N1C[C@H](O)[C@@H](n2cc(F)c(=O)[nH]c2=O)C1. The average molecular weight is 402 g/mol. The molecule has 0 spiro atoms. The number of amides is 1. The summed E-state index contributed by atoms with van der Waals surface area (Å²) < 4.78 is 14.5. The first kappa shape index (κ1) is 19.5. The zero-order chi connectivity index (χ0) is 20.5. The van der Waals surface area contributed by atoms with E-state index in [1.807, 2.05) is 17.1 Å². The number of halogens is 1. The summed E-state index contributed by atoms with van der Waals surface area (Å²) in [7, 11) is 0. The smallest absolute Gasteiger partial charge is 0.328 e. The number of aliphatic hydroxyl groups excluding tert-OH is 1. The molecule has 2 atom stereocenters. The number of fused-ring (bicyclic) bond motifs is 1. The van der Waals surface area contributed by atoms with Crippen molar-refractivity contribution in [3.05, 3.63) is 68.2 Å². The van der Waals surface area contributed by atoms with Crippen LogP contribution in [-0.2, 0) is 17.9 Å². The Morgan fingerprint density at radius 1 is 1.17 bits per heavy atom. The van der Waals surface area contributed by atoms with E-state index in [1.165, 1.54) is 16.0 Å². The molecule has 0 aliphatic carbocycles. The Hall–Kier alpha value is -2.78. The number of likely N-dealkylation sites (tertiary alicyclic amines) is 1. The first-order valence-electron chi connectivity index (χ1n) is 9.68. The summed E-state index contributed by atoms with van der Waals surface area (Å²) in [5.74, 6) is -1.21. The van der Waals surface area contributed by atoms with Gasteiger partial charge in [0, 0.05) is 32.6 Å². The van der Waals surface area contributed by atoms with Gasteiger partial charge < -0.3 is 10.0 Å². The molecule has 1 aromatic heterocycles. The standard InChI is InChI=1S/C20H23FN4O4/c21-15-10-25(20(29)22-19(15)28)16-11-24(12-17(16)26)18(27)6-3-7-23-8-13-4-1-2-5-14(13)9-23/h1-2,4-5,10,16-17,26H,3,6-9,11-12H2,(H,22,28,29)/t16-,17-/m0/s1. The quantitative estimate of drug-likeness (QED) is 0.745. The van der Waals surface area contributed by atoms with E-state index in [0.29, 0.717) is 12.8 Å². The van der Waals surface area contributed by atoms with Crippen LogP contribution in [0.2, 0.25) is 0 Å². The Morgan fingerprint density at radius 2 is 1.86 bits per heavy atom. The molecule has 2 aromatic rings. The number of rotatable bonds is 5. The van der Waals surface area contributed by atoms with E-state index < -0.39 is 29.2 Å². The second-order valence-corrected chi connectivity index (χ2v) is 7.66. The van der Waals surface area contributed by atoms with Gasteiger partial charge in [-0.3, -0.25) is 24.0 Å². The van der Waals surface area contributed by atoms with Crippen LogP contribution in [0.15, 0.2) is 40.1 Å². The van der Waals surface area contributed by atoms with Crippen LogP contribution in [0.25, 0.3) is 0 Å². The summed E-state index contributed by atoms with van der Waals surface area (Å²) in [6, 6.07) is 7.51. The van der Waals surface area contributed by atoms with Gasteiger partial charge in [0.1, 0.15) is 0 Å². The number of carbonyl (C=O) groups is 1. The summed E-state index contributed by atoms with van der Waals surface area (Å²) in [6.07, 6.45) is 0.807.